The molecular formula is C28H32BrN3O5. The number of hydrogen-bond acceptors (Lipinski definition) is 5. The van der Waals surface area contributed by atoms with Crippen LogP contribution < -0.4 is 10.6 Å². The minimum Gasteiger partial charge on any atom is -0.394 e. The maximum atomic E-state index is 14.1. The summed E-state index contributed by atoms with van der Waals surface area (Å²) in [5.74, 6) is -2.61. The lowest BCUT2D eigenvalue weighted by molar-refractivity contribution is -0.143. The molecule has 2 aromatic carbocycles. The first-order valence-electron chi connectivity index (χ1n) is 12.7. The summed E-state index contributed by atoms with van der Waals surface area (Å²) in [7, 11) is 0. The van der Waals surface area contributed by atoms with E-state index >= 15 is 0 Å². The zero-order chi connectivity index (χ0) is 26.5. The van der Waals surface area contributed by atoms with Gasteiger partial charge in [-0.3, -0.25) is 14.4 Å². The highest BCUT2D eigenvalue weighted by Gasteiger charge is 2.77. The number of nitrogens with zero attached hydrogens (tertiary/aromatic N) is 1. The molecule has 3 N–H and O–H groups in total. The third-order valence-corrected chi connectivity index (χ3v) is 8.89. The molecule has 3 saturated heterocycles. The van der Waals surface area contributed by atoms with Crippen LogP contribution in [-0.2, 0) is 19.1 Å². The molecule has 196 valence electrons. The number of aryl methyl sites for hydroxylation is 2. The maximum absolute atomic E-state index is 14.1. The van der Waals surface area contributed by atoms with E-state index in [1.54, 1.807) is 12.1 Å². The van der Waals surface area contributed by atoms with E-state index in [2.05, 4.69) is 26.6 Å². The van der Waals surface area contributed by atoms with Crippen LogP contribution in [0.1, 0.15) is 30.9 Å². The Balaban J connectivity index is 1.54. The van der Waals surface area contributed by atoms with E-state index in [4.69, 9.17) is 4.74 Å². The van der Waals surface area contributed by atoms with Crippen molar-refractivity contribution >= 4 is 45.0 Å². The largest absolute Gasteiger partial charge is 0.394 e. The van der Waals surface area contributed by atoms with Crippen molar-refractivity contribution in [3.05, 3.63) is 59.7 Å². The lowest BCUT2D eigenvalue weighted by Gasteiger charge is -2.36. The Hall–Kier alpha value is -2.75. The fraction of sp³-hybridized carbons (Fsp3) is 0.464. The SMILES string of the molecule is CC[C@@H](CO)N1C(=O)[C@@H]2[C@@H](C(=O)Nc3ccccc3)[C@@H]3OC2(CC3Br)C1C(=O)Nc1cc(C)ccc1C. The number of ether oxygens (including phenoxy) is 1. The normalized spacial score (nSPS) is 30.8. The van der Waals surface area contributed by atoms with Crippen LogP contribution in [0.15, 0.2) is 48.5 Å². The summed E-state index contributed by atoms with van der Waals surface area (Å²) in [4.78, 5) is 42.9. The molecule has 0 aliphatic carbocycles. The molecule has 7 atom stereocenters. The van der Waals surface area contributed by atoms with Gasteiger partial charge in [0.05, 0.1) is 30.6 Å². The molecule has 9 heteroatoms. The predicted octanol–water partition coefficient (Wildman–Crippen LogP) is 3.40. The lowest BCUT2D eigenvalue weighted by atomic mass is 9.70. The average Bonchev–Trinajstić information content (AvgIpc) is 3.46. The van der Waals surface area contributed by atoms with Gasteiger partial charge in [0.15, 0.2) is 0 Å². The van der Waals surface area contributed by atoms with Gasteiger partial charge in [-0.2, -0.15) is 0 Å². The Bertz CT molecular complexity index is 1220. The molecule has 3 unspecified atom stereocenters. The highest BCUT2D eigenvalue weighted by molar-refractivity contribution is 9.09. The first-order chi connectivity index (χ1) is 17.7. The quantitative estimate of drug-likeness (QED) is 0.443. The van der Waals surface area contributed by atoms with Gasteiger partial charge in [0.2, 0.25) is 17.7 Å². The van der Waals surface area contributed by atoms with E-state index in [9.17, 15) is 19.5 Å². The molecular weight excluding hydrogens is 538 g/mol. The van der Waals surface area contributed by atoms with Crippen molar-refractivity contribution in [2.75, 3.05) is 17.2 Å². The van der Waals surface area contributed by atoms with Crippen molar-refractivity contribution in [2.24, 2.45) is 11.8 Å². The monoisotopic (exact) mass is 569 g/mol. The van der Waals surface area contributed by atoms with Gasteiger partial charge in [0.1, 0.15) is 11.6 Å². The van der Waals surface area contributed by atoms with Crippen LogP contribution in [0.4, 0.5) is 11.4 Å². The van der Waals surface area contributed by atoms with Gasteiger partial charge in [0.25, 0.3) is 0 Å². The average molecular weight is 570 g/mol. The number of hydrogen-bond donors (Lipinski definition) is 3. The maximum Gasteiger partial charge on any atom is 0.250 e. The second kappa shape index (κ2) is 9.85. The fourth-order valence-electron chi connectivity index (χ4n) is 6.29. The number of alkyl halides is 1. The highest BCUT2D eigenvalue weighted by Crippen LogP contribution is 2.60. The number of nitrogens with one attached hydrogen (secondary N) is 2. The number of amides is 3. The first kappa shape index (κ1) is 25.9. The zero-order valence-electron chi connectivity index (χ0n) is 21.1. The molecule has 8 nitrogen and oxygen atoms in total. The standard InChI is InChI=1S/C28H32BrN3O5/c1-4-18(14-33)32-24(26(35)31-20-12-15(2)10-11-16(20)3)28-13-19(29)23(37-28)21(22(28)27(32)36)25(34)30-17-8-6-5-7-9-17/h5-12,18-19,21-24,33H,4,13-14H2,1-3H3,(H,30,34)(H,31,35)/t18-,19?,21+,22-,23+,24?,28?/m0/s1. The number of carbonyl (C=O) groups is 3. The number of aliphatic hydroxyl groups is 1. The van der Waals surface area contributed by atoms with E-state index in [0.29, 0.717) is 24.2 Å². The summed E-state index contributed by atoms with van der Waals surface area (Å²) in [5.41, 5.74) is 2.00. The number of fused-ring (bicyclic) bond motifs is 1. The molecule has 3 heterocycles. The molecule has 3 aliphatic heterocycles. The summed E-state index contributed by atoms with van der Waals surface area (Å²) >= 11 is 3.68. The molecule has 0 aromatic heterocycles. The molecule has 0 radical (unpaired) electrons. The van der Waals surface area contributed by atoms with Gasteiger partial charge < -0.3 is 25.4 Å². The van der Waals surface area contributed by atoms with Crippen LogP contribution in [0.25, 0.3) is 0 Å². The van der Waals surface area contributed by atoms with Crippen LogP contribution in [0.5, 0.6) is 0 Å². The lowest BCUT2D eigenvalue weighted by Crippen LogP contribution is -2.56. The van der Waals surface area contributed by atoms with Crippen LogP contribution in [0, 0.1) is 25.7 Å². The zero-order valence-corrected chi connectivity index (χ0v) is 22.7. The van der Waals surface area contributed by atoms with Gasteiger partial charge in [-0.15, -0.1) is 0 Å². The van der Waals surface area contributed by atoms with Gasteiger partial charge in [0, 0.05) is 16.2 Å². The van der Waals surface area contributed by atoms with Crippen LogP contribution in [0.3, 0.4) is 0 Å². The van der Waals surface area contributed by atoms with Crippen molar-refractivity contribution in [1.29, 1.82) is 0 Å². The van der Waals surface area contributed by atoms with Crippen molar-refractivity contribution < 1.29 is 24.2 Å². The molecule has 1 spiro atoms. The minimum absolute atomic E-state index is 0.201. The number of halogens is 1. The number of benzene rings is 2. The van der Waals surface area contributed by atoms with Crippen molar-refractivity contribution in [2.45, 2.75) is 62.2 Å². The molecule has 2 aromatic rings. The van der Waals surface area contributed by atoms with Gasteiger partial charge >= 0.3 is 0 Å². The predicted molar refractivity (Wildman–Crippen MR) is 143 cm³/mol. The van der Waals surface area contributed by atoms with E-state index in [1.165, 1.54) is 4.90 Å². The Morgan fingerprint density at radius 2 is 1.89 bits per heavy atom. The summed E-state index contributed by atoms with van der Waals surface area (Å²) in [6.45, 7) is 5.43. The van der Waals surface area contributed by atoms with Crippen molar-refractivity contribution in [1.82, 2.24) is 4.90 Å². The molecule has 2 bridgehead atoms. The van der Waals surface area contributed by atoms with Crippen molar-refractivity contribution in [3.8, 4) is 0 Å². The number of likely N-dealkylation sites (tertiary alicyclic amines) is 1. The molecule has 3 fully saturated rings. The Morgan fingerprint density at radius 1 is 1.16 bits per heavy atom. The van der Waals surface area contributed by atoms with Gasteiger partial charge in [-0.05, 0) is 56.0 Å². The number of aliphatic hydroxyl groups excluding tert-OH is 1. The topological polar surface area (TPSA) is 108 Å². The Labute approximate surface area is 224 Å². The molecule has 5 rings (SSSR count). The highest BCUT2D eigenvalue weighted by atomic mass is 79.9. The molecule has 3 amide bonds. The summed E-state index contributed by atoms with van der Waals surface area (Å²) in [6.07, 6.45) is 0.317. The van der Waals surface area contributed by atoms with E-state index in [1.807, 2.05) is 57.2 Å². The summed E-state index contributed by atoms with van der Waals surface area (Å²) in [5, 5.41) is 16.1. The number of rotatable bonds is 7. The fourth-order valence-corrected chi connectivity index (χ4v) is 7.24. The number of para-hydroxylation sites is 1. The minimum atomic E-state index is -1.18. The number of carbonyl (C=O) groups excluding carboxylic acids is 3. The molecule has 3 aliphatic rings. The summed E-state index contributed by atoms with van der Waals surface area (Å²) < 4.78 is 6.52. The number of anilines is 2. The van der Waals surface area contributed by atoms with Crippen molar-refractivity contribution in [3.63, 3.8) is 0 Å². The third kappa shape index (κ3) is 4.17. The van der Waals surface area contributed by atoms with E-state index in [0.717, 1.165) is 11.1 Å². The summed E-state index contributed by atoms with van der Waals surface area (Å²) in [6, 6.07) is 13.3. The molecule has 37 heavy (non-hydrogen) atoms. The van der Waals surface area contributed by atoms with Gasteiger partial charge in [-0.1, -0.05) is 53.2 Å². The molecule has 0 saturated carbocycles. The second-order valence-corrected chi connectivity index (χ2v) is 11.5. The smallest absolute Gasteiger partial charge is 0.250 e. The van der Waals surface area contributed by atoms with Gasteiger partial charge in [-0.25, -0.2) is 0 Å². The van der Waals surface area contributed by atoms with Crippen LogP contribution in [0.2, 0.25) is 0 Å². The van der Waals surface area contributed by atoms with E-state index < -0.39 is 35.6 Å². The Morgan fingerprint density at radius 3 is 2.57 bits per heavy atom. The van der Waals surface area contributed by atoms with E-state index in [-0.39, 0.29) is 29.2 Å². The van der Waals surface area contributed by atoms with Crippen LogP contribution >= 0.6 is 15.9 Å². The first-order valence-corrected chi connectivity index (χ1v) is 13.6. The van der Waals surface area contributed by atoms with Crippen LogP contribution in [-0.4, -0.2) is 63.0 Å². The third-order valence-electron chi connectivity index (χ3n) is 8.05. The second-order valence-electron chi connectivity index (χ2n) is 10.3. The Kier molecular flexibility index (Phi) is 6.89.